The van der Waals surface area contributed by atoms with Crippen molar-refractivity contribution >= 4 is 10.0 Å². The molecule has 0 fully saturated rings. The van der Waals surface area contributed by atoms with Gasteiger partial charge < -0.3 is 10.1 Å². The van der Waals surface area contributed by atoms with Gasteiger partial charge in [-0.05, 0) is 13.3 Å². The lowest BCUT2D eigenvalue weighted by Gasteiger charge is -2.14. The lowest BCUT2D eigenvalue weighted by molar-refractivity contribution is 0.188. The number of sulfonamides is 1. The number of aromatic nitrogens is 2. The first kappa shape index (κ1) is 17.1. The van der Waals surface area contributed by atoms with Crippen LogP contribution < -0.4 is 10.0 Å². The smallest absolute Gasteiger partial charge is 0.258 e. The Hall–Kier alpha value is -0.960. The molecule has 8 heteroatoms. The van der Waals surface area contributed by atoms with Crippen LogP contribution in [-0.2, 0) is 21.3 Å². The number of nitrogens with one attached hydrogen (secondary N) is 3. The molecule has 0 aliphatic heterocycles. The lowest BCUT2D eigenvalue weighted by Crippen LogP contribution is -2.34. The van der Waals surface area contributed by atoms with Crippen LogP contribution in [0.1, 0.15) is 32.8 Å². The van der Waals surface area contributed by atoms with E-state index in [-0.39, 0.29) is 17.1 Å². The maximum absolute atomic E-state index is 12.3. The highest BCUT2D eigenvalue weighted by Crippen LogP contribution is 2.12. The Bertz CT molecular complexity index is 499. The second-order valence-electron chi connectivity index (χ2n) is 5.06. The number of hydrogen-bond donors (Lipinski definition) is 3. The largest absolute Gasteiger partial charge is 0.385 e. The maximum Gasteiger partial charge on any atom is 0.258 e. The summed E-state index contributed by atoms with van der Waals surface area (Å²) in [6.45, 7) is 6.77. The molecule has 0 aliphatic rings. The van der Waals surface area contributed by atoms with E-state index < -0.39 is 10.0 Å². The van der Waals surface area contributed by atoms with Crippen LogP contribution in [0.15, 0.2) is 11.2 Å². The van der Waals surface area contributed by atoms with E-state index in [4.69, 9.17) is 4.74 Å². The molecule has 1 unspecified atom stereocenters. The van der Waals surface area contributed by atoms with E-state index in [2.05, 4.69) is 20.2 Å². The number of ether oxygens (including phenoxy) is 1. The van der Waals surface area contributed by atoms with Crippen LogP contribution >= 0.6 is 0 Å². The number of aromatic amines is 1. The molecule has 0 aromatic carbocycles. The normalized spacial score (nSPS) is 13.8. The van der Waals surface area contributed by atoms with Crippen molar-refractivity contribution in [1.29, 1.82) is 0 Å². The van der Waals surface area contributed by atoms with Crippen molar-refractivity contribution in [3.05, 3.63) is 11.8 Å². The van der Waals surface area contributed by atoms with Crippen molar-refractivity contribution in [2.24, 2.45) is 0 Å². The Labute approximate surface area is 120 Å². The van der Waals surface area contributed by atoms with Crippen molar-refractivity contribution in [3.63, 3.8) is 0 Å². The minimum absolute atomic E-state index is 0.120. The van der Waals surface area contributed by atoms with Gasteiger partial charge in [0, 0.05) is 37.9 Å². The Morgan fingerprint density at radius 3 is 2.70 bits per heavy atom. The number of methoxy groups -OCH3 is 1. The highest BCUT2D eigenvalue weighted by atomic mass is 32.2. The number of nitrogens with zero attached hydrogens (tertiary/aromatic N) is 1. The van der Waals surface area contributed by atoms with E-state index in [0.717, 1.165) is 0 Å². The third kappa shape index (κ3) is 5.20. The first-order valence-corrected chi connectivity index (χ1v) is 8.12. The van der Waals surface area contributed by atoms with Crippen LogP contribution in [0.2, 0.25) is 0 Å². The van der Waals surface area contributed by atoms with E-state index in [9.17, 15) is 8.42 Å². The van der Waals surface area contributed by atoms with Gasteiger partial charge in [-0.25, -0.2) is 13.1 Å². The van der Waals surface area contributed by atoms with Gasteiger partial charge in [0.15, 0.2) is 5.03 Å². The second-order valence-corrected chi connectivity index (χ2v) is 6.71. The van der Waals surface area contributed by atoms with Crippen molar-refractivity contribution in [1.82, 2.24) is 20.2 Å². The molecule has 0 aliphatic carbocycles. The molecule has 7 nitrogen and oxygen atoms in total. The number of H-pyrrole nitrogens is 1. The Kier molecular flexibility index (Phi) is 6.60. The molecule has 1 heterocycles. The summed E-state index contributed by atoms with van der Waals surface area (Å²) < 4.78 is 32.1. The van der Waals surface area contributed by atoms with Crippen molar-refractivity contribution < 1.29 is 13.2 Å². The van der Waals surface area contributed by atoms with Crippen LogP contribution in [0.25, 0.3) is 0 Å². The zero-order chi connectivity index (χ0) is 15.2. The molecule has 1 aromatic heterocycles. The Morgan fingerprint density at radius 2 is 2.10 bits per heavy atom. The topological polar surface area (TPSA) is 96.1 Å². The minimum atomic E-state index is -3.59. The molecule has 1 atom stereocenters. The van der Waals surface area contributed by atoms with Crippen molar-refractivity contribution in [2.75, 3.05) is 13.7 Å². The van der Waals surface area contributed by atoms with Gasteiger partial charge >= 0.3 is 0 Å². The van der Waals surface area contributed by atoms with E-state index in [1.54, 1.807) is 14.0 Å². The molecule has 0 saturated heterocycles. The molecule has 0 amide bonds. The maximum atomic E-state index is 12.3. The molecule has 0 radical (unpaired) electrons. The van der Waals surface area contributed by atoms with E-state index >= 15 is 0 Å². The van der Waals surface area contributed by atoms with Crippen LogP contribution in [0.4, 0.5) is 0 Å². The van der Waals surface area contributed by atoms with Gasteiger partial charge in [0.25, 0.3) is 10.0 Å². The summed E-state index contributed by atoms with van der Waals surface area (Å²) in [7, 11) is -2.00. The average molecular weight is 304 g/mol. The molecule has 3 N–H and O–H groups in total. The number of rotatable bonds is 9. The molecular weight excluding hydrogens is 280 g/mol. The fourth-order valence-corrected chi connectivity index (χ4v) is 3.06. The van der Waals surface area contributed by atoms with Gasteiger partial charge in [0.1, 0.15) is 0 Å². The molecule has 1 aromatic rings. The standard InChI is InChI=1S/C12H24N4O3S/c1-9(2)13-7-11-8-14-15-12(11)20(17,18)16-10(3)5-6-19-4/h8-10,13,16H,5-7H2,1-4H3,(H,14,15). The van der Waals surface area contributed by atoms with Crippen LogP contribution in [0, 0.1) is 0 Å². The molecule has 0 spiro atoms. The van der Waals surface area contributed by atoms with Crippen molar-refractivity contribution in [2.45, 2.75) is 50.8 Å². The van der Waals surface area contributed by atoms with Gasteiger partial charge in [-0.1, -0.05) is 13.8 Å². The molecule has 0 bridgehead atoms. The van der Waals surface area contributed by atoms with Gasteiger partial charge in [-0.2, -0.15) is 5.10 Å². The molecule has 1 rings (SSSR count). The highest BCUT2D eigenvalue weighted by molar-refractivity contribution is 7.89. The van der Waals surface area contributed by atoms with Crippen LogP contribution in [0.5, 0.6) is 0 Å². The van der Waals surface area contributed by atoms with Gasteiger partial charge in [0.2, 0.25) is 0 Å². The fourth-order valence-electron chi connectivity index (χ4n) is 1.65. The number of hydrogen-bond acceptors (Lipinski definition) is 5. The lowest BCUT2D eigenvalue weighted by atomic mass is 10.3. The van der Waals surface area contributed by atoms with E-state index in [1.165, 1.54) is 6.20 Å². The minimum Gasteiger partial charge on any atom is -0.385 e. The predicted octanol–water partition coefficient (Wildman–Crippen LogP) is 0.611. The van der Waals surface area contributed by atoms with Crippen LogP contribution in [-0.4, -0.2) is 44.4 Å². The van der Waals surface area contributed by atoms with Gasteiger partial charge in [-0.3, -0.25) is 5.10 Å². The average Bonchev–Trinajstić information content (AvgIpc) is 2.82. The summed E-state index contributed by atoms with van der Waals surface area (Å²) in [6, 6.07) is 0.0724. The molecule has 20 heavy (non-hydrogen) atoms. The monoisotopic (exact) mass is 304 g/mol. The fraction of sp³-hybridized carbons (Fsp3) is 0.750. The zero-order valence-corrected chi connectivity index (χ0v) is 13.3. The van der Waals surface area contributed by atoms with Crippen molar-refractivity contribution in [3.8, 4) is 0 Å². The predicted molar refractivity (Wildman–Crippen MR) is 76.8 cm³/mol. The Morgan fingerprint density at radius 1 is 1.40 bits per heavy atom. The highest BCUT2D eigenvalue weighted by Gasteiger charge is 2.22. The van der Waals surface area contributed by atoms with Crippen LogP contribution in [0.3, 0.4) is 0 Å². The summed E-state index contributed by atoms with van der Waals surface area (Å²) >= 11 is 0. The molecule has 116 valence electrons. The summed E-state index contributed by atoms with van der Waals surface area (Å²) in [4.78, 5) is 0. The summed E-state index contributed by atoms with van der Waals surface area (Å²) in [6.07, 6.45) is 2.15. The molecular formula is C12H24N4O3S. The van der Waals surface area contributed by atoms with E-state index in [1.807, 2.05) is 13.8 Å². The SMILES string of the molecule is COCCC(C)NS(=O)(=O)c1[nH]ncc1CNC(C)C. The molecule has 0 saturated carbocycles. The summed E-state index contributed by atoms with van der Waals surface area (Å²) in [5.74, 6) is 0. The summed E-state index contributed by atoms with van der Waals surface area (Å²) in [5.41, 5.74) is 0.630. The quantitative estimate of drug-likeness (QED) is 0.621. The third-order valence-electron chi connectivity index (χ3n) is 2.76. The van der Waals surface area contributed by atoms with Gasteiger partial charge in [0.05, 0.1) is 6.20 Å². The summed E-state index contributed by atoms with van der Waals surface area (Å²) in [5, 5.41) is 9.68. The Balaban J connectivity index is 2.74. The first-order chi connectivity index (χ1) is 9.36. The van der Waals surface area contributed by atoms with E-state index in [0.29, 0.717) is 25.1 Å². The zero-order valence-electron chi connectivity index (χ0n) is 12.4. The second kappa shape index (κ2) is 7.72. The van der Waals surface area contributed by atoms with Gasteiger partial charge in [-0.15, -0.1) is 0 Å². The first-order valence-electron chi connectivity index (χ1n) is 6.63. The third-order valence-corrected chi connectivity index (χ3v) is 4.36.